The lowest BCUT2D eigenvalue weighted by Crippen LogP contribution is -2.20. The van der Waals surface area contributed by atoms with Gasteiger partial charge in [-0.1, -0.05) is 24.3 Å². The molecular formula is C16H15N5. The van der Waals surface area contributed by atoms with Gasteiger partial charge in [0.15, 0.2) is 0 Å². The van der Waals surface area contributed by atoms with Crippen LogP contribution in [-0.4, -0.2) is 16.7 Å². The average Bonchev–Trinajstić information content (AvgIpc) is 2.90. The smallest absolute Gasteiger partial charge is 0.123 e. The standard InChI is InChI=1S/C16H15N5/c17-15(18)11-6-5-10(7-12(11)16(19)20)14-8-9-3-1-2-4-13(9)21-14/h1-8,21H,(H3,17,18)(H3,19,20). The van der Waals surface area contributed by atoms with Crippen molar-refractivity contribution in [3.05, 3.63) is 59.7 Å². The minimum absolute atomic E-state index is 0.0941. The first-order valence-corrected chi connectivity index (χ1v) is 6.47. The van der Waals surface area contributed by atoms with Crippen LogP contribution in [0.25, 0.3) is 22.2 Å². The highest BCUT2D eigenvalue weighted by molar-refractivity contribution is 6.08. The fraction of sp³-hybridized carbons (Fsp3) is 0. The molecular weight excluding hydrogens is 262 g/mol. The lowest BCUT2D eigenvalue weighted by Gasteiger charge is -2.08. The Labute approximate surface area is 121 Å². The van der Waals surface area contributed by atoms with Gasteiger partial charge in [0.25, 0.3) is 0 Å². The summed E-state index contributed by atoms with van der Waals surface area (Å²) < 4.78 is 0. The summed E-state index contributed by atoms with van der Waals surface area (Å²) in [6, 6.07) is 15.4. The van der Waals surface area contributed by atoms with Crippen molar-refractivity contribution in [1.29, 1.82) is 10.8 Å². The number of rotatable bonds is 3. The molecule has 5 heteroatoms. The number of nitrogens with one attached hydrogen (secondary N) is 3. The lowest BCUT2D eigenvalue weighted by atomic mass is 10.0. The van der Waals surface area contributed by atoms with Crippen molar-refractivity contribution in [2.24, 2.45) is 11.5 Å². The highest BCUT2D eigenvalue weighted by atomic mass is 14.7. The molecule has 0 bridgehead atoms. The van der Waals surface area contributed by atoms with Crippen LogP contribution in [0, 0.1) is 10.8 Å². The quantitative estimate of drug-likeness (QED) is 0.373. The topological polar surface area (TPSA) is 116 Å². The van der Waals surface area contributed by atoms with Gasteiger partial charge in [-0.15, -0.1) is 0 Å². The van der Waals surface area contributed by atoms with E-state index in [4.69, 9.17) is 22.3 Å². The highest BCUT2D eigenvalue weighted by Gasteiger charge is 2.11. The van der Waals surface area contributed by atoms with Crippen LogP contribution >= 0.6 is 0 Å². The molecule has 0 saturated carbocycles. The van der Waals surface area contributed by atoms with Gasteiger partial charge in [0, 0.05) is 27.7 Å². The predicted octanol–water partition coefficient (Wildman–Crippen LogP) is 2.40. The number of nitrogen functional groups attached to an aromatic ring is 2. The molecule has 0 radical (unpaired) electrons. The van der Waals surface area contributed by atoms with E-state index in [1.807, 2.05) is 36.4 Å². The Balaban J connectivity index is 2.16. The molecule has 0 atom stereocenters. The Hall–Kier alpha value is -3.08. The van der Waals surface area contributed by atoms with Crippen molar-refractivity contribution in [1.82, 2.24) is 4.98 Å². The molecule has 0 aliphatic heterocycles. The zero-order valence-corrected chi connectivity index (χ0v) is 11.3. The van der Waals surface area contributed by atoms with E-state index in [0.29, 0.717) is 11.1 Å². The third-order valence-corrected chi connectivity index (χ3v) is 3.44. The molecule has 5 nitrogen and oxygen atoms in total. The Morgan fingerprint density at radius 3 is 2.24 bits per heavy atom. The zero-order chi connectivity index (χ0) is 15.0. The Kier molecular flexibility index (Phi) is 2.95. The van der Waals surface area contributed by atoms with Crippen LogP contribution in [0.4, 0.5) is 0 Å². The first kappa shape index (κ1) is 12.9. The molecule has 1 aromatic heterocycles. The predicted molar refractivity (Wildman–Crippen MR) is 85.8 cm³/mol. The molecule has 0 saturated heterocycles. The van der Waals surface area contributed by atoms with Crippen molar-refractivity contribution >= 4 is 22.6 Å². The molecule has 7 N–H and O–H groups in total. The van der Waals surface area contributed by atoms with Gasteiger partial charge in [-0.3, -0.25) is 10.8 Å². The molecule has 0 amide bonds. The molecule has 0 aliphatic rings. The number of aromatic amines is 1. The number of aromatic nitrogens is 1. The van der Waals surface area contributed by atoms with Crippen LogP contribution in [0.5, 0.6) is 0 Å². The van der Waals surface area contributed by atoms with E-state index in [-0.39, 0.29) is 11.7 Å². The van der Waals surface area contributed by atoms with E-state index in [2.05, 4.69) is 4.98 Å². The van der Waals surface area contributed by atoms with Crippen LogP contribution in [0.2, 0.25) is 0 Å². The normalized spacial score (nSPS) is 10.7. The second kappa shape index (κ2) is 4.79. The number of hydrogen-bond donors (Lipinski definition) is 5. The molecule has 0 spiro atoms. The summed E-state index contributed by atoms with van der Waals surface area (Å²) in [7, 11) is 0. The number of nitrogens with two attached hydrogens (primary N) is 2. The van der Waals surface area contributed by atoms with E-state index in [9.17, 15) is 0 Å². The maximum Gasteiger partial charge on any atom is 0.123 e. The summed E-state index contributed by atoms with van der Waals surface area (Å²) in [5.74, 6) is -0.193. The van der Waals surface area contributed by atoms with Crippen LogP contribution < -0.4 is 11.5 Å². The van der Waals surface area contributed by atoms with Crippen LogP contribution in [0.1, 0.15) is 11.1 Å². The van der Waals surface area contributed by atoms with Crippen molar-refractivity contribution < 1.29 is 0 Å². The number of fused-ring (bicyclic) bond motifs is 1. The van der Waals surface area contributed by atoms with Gasteiger partial charge in [-0.2, -0.15) is 0 Å². The van der Waals surface area contributed by atoms with Crippen LogP contribution in [0.15, 0.2) is 48.5 Å². The first-order valence-electron chi connectivity index (χ1n) is 6.47. The third kappa shape index (κ3) is 2.25. The van der Waals surface area contributed by atoms with E-state index in [1.165, 1.54) is 0 Å². The van der Waals surface area contributed by atoms with Crippen molar-refractivity contribution in [3.63, 3.8) is 0 Å². The summed E-state index contributed by atoms with van der Waals surface area (Å²) >= 11 is 0. The van der Waals surface area contributed by atoms with Crippen LogP contribution in [-0.2, 0) is 0 Å². The molecule has 104 valence electrons. The first-order chi connectivity index (χ1) is 10.1. The fourth-order valence-electron chi connectivity index (χ4n) is 2.40. The molecule has 3 aromatic rings. The third-order valence-electron chi connectivity index (χ3n) is 3.44. The molecule has 21 heavy (non-hydrogen) atoms. The molecule has 0 unspecified atom stereocenters. The van der Waals surface area contributed by atoms with Crippen molar-refractivity contribution in [3.8, 4) is 11.3 Å². The zero-order valence-electron chi connectivity index (χ0n) is 11.3. The summed E-state index contributed by atoms with van der Waals surface area (Å²) in [5.41, 5.74) is 15.0. The van der Waals surface area contributed by atoms with Crippen molar-refractivity contribution in [2.45, 2.75) is 0 Å². The number of para-hydroxylation sites is 1. The maximum absolute atomic E-state index is 7.65. The second-order valence-electron chi connectivity index (χ2n) is 4.86. The Bertz CT molecular complexity index is 827. The number of H-pyrrole nitrogens is 1. The monoisotopic (exact) mass is 277 g/mol. The van der Waals surface area contributed by atoms with Gasteiger partial charge in [0.05, 0.1) is 0 Å². The molecule has 2 aromatic carbocycles. The molecule has 1 heterocycles. The minimum atomic E-state index is -0.0989. The van der Waals surface area contributed by atoms with Gasteiger partial charge in [0.1, 0.15) is 11.7 Å². The van der Waals surface area contributed by atoms with E-state index >= 15 is 0 Å². The Morgan fingerprint density at radius 2 is 1.57 bits per heavy atom. The summed E-state index contributed by atoms with van der Waals surface area (Å²) in [6.07, 6.45) is 0. The SMILES string of the molecule is N=C(N)c1ccc(-c2cc3ccccc3[nH]2)cc1C(=N)N. The van der Waals surface area contributed by atoms with E-state index in [1.54, 1.807) is 12.1 Å². The van der Waals surface area contributed by atoms with Crippen molar-refractivity contribution in [2.75, 3.05) is 0 Å². The summed E-state index contributed by atoms with van der Waals surface area (Å²) in [5, 5.41) is 16.3. The number of benzene rings is 2. The Morgan fingerprint density at radius 1 is 0.857 bits per heavy atom. The molecule has 3 rings (SSSR count). The van der Waals surface area contributed by atoms with Crippen LogP contribution in [0.3, 0.4) is 0 Å². The molecule has 0 fully saturated rings. The van der Waals surface area contributed by atoms with Gasteiger partial charge >= 0.3 is 0 Å². The van der Waals surface area contributed by atoms with Gasteiger partial charge in [-0.05, 0) is 29.8 Å². The number of hydrogen-bond acceptors (Lipinski definition) is 2. The highest BCUT2D eigenvalue weighted by Crippen LogP contribution is 2.25. The average molecular weight is 277 g/mol. The van der Waals surface area contributed by atoms with Gasteiger partial charge in [-0.25, -0.2) is 0 Å². The fourth-order valence-corrected chi connectivity index (χ4v) is 2.40. The second-order valence-corrected chi connectivity index (χ2v) is 4.86. The lowest BCUT2D eigenvalue weighted by molar-refractivity contribution is 1.37. The summed E-state index contributed by atoms with van der Waals surface area (Å²) in [6.45, 7) is 0. The largest absolute Gasteiger partial charge is 0.384 e. The minimum Gasteiger partial charge on any atom is -0.384 e. The molecule has 0 aliphatic carbocycles. The van der Waals surface area contributed by atoms with Gasteiger partial charge < -0.3 is 16.5 Å². The number of amidine groups is 2. The van der Waals surface area contributed by atoms with E-state index < -0.39 is 0 Å². The van der Waals surface area contributed by atoms with E-state index in [0.717, 1.165) is 22.2 Å². The maximum atomic E-state index is 7.65. The summed E-state index contributed by atoms with van der Waals surface area (Å²) in [4.78, 5) is 3.33. The van der Waals surface area contributed by atoms with Gasteiger partial charge in [0.2, 0.25) is 0 Å².